The van der Waals surface area contributed by atoms with Gasteiger partial charge in [-0.2, -0.15) is 0 Å². The number of aliphatic hydroxyl groups excluding tert-OH is 1. The number of likely N-dealkylation sites (tertiary alicyclic amines) is 1. The molecule has 0 aromatic heterocycles. The third kappa shape index (κ3) is 6.81. The van der Waals surface area contributed by atoms with Crippen molar-refractivity contribution in [3.05, 3.63) is 51.4 Å². The van der Waals surface area contributed by atoms with Crippen LogP contribution in [-0.2, 0) is 25.4 Å². The van der Waals surface area contributed by atoms with Crippen LogP contribution in [0.3, 0.4) is 0 Å². The zero-order chi connectivity index (χ0) is 28.9. The zero-order valence-electron chi connectivity index (χ0n) is 24.1. The Labute approximate surface area is 227 Å². The number of ether oxygens (including phenoxy) is 1. The monoisotopic (exact) mass is 550 g/mol. The number of carbonyl (C=O) groups excluding carboxylic acids is 2. The fourth-order valence-electron chi connectivity index (χ4n) is 4.44. The molecule has 1 amide bonds. The van der Waals surface area contributed by atoms with Crippen molar-refractivity contribution in [2.45, 2.75) is 85.3 Å². The van der Waals surface area contributed by atoms with Crippen molar-refractivity contribution in [2.75, 3.05) is 26.2 Å². The van der Waals surface area contributed by atoms with Gasteiger partial charge in [0, 0.05) is 25.2 Å². The van der Waals surface area contributed by atoms with Crippen LogP contribution in [0.1, 0.15) is 59.9 Å². The fraction of sp³-hybridized carbons (Fsp3) is 0.630. The molecule has 1 aromatic rings. The van der Waals surface area contributed by atoms with Gasteiger partial charge in [-0.1, -0.05) is 20.8 Å². The number of esters is 1. The molecule has 0 saturated carbocycles. The SMILES string of the molecule is CC[N+](CC)(CC)C1CC(=O)N1/C(C(=O)OCc1ccc([N+](=O)[O-])cc1)=C(/O)CCO[Si](C)(C)C(C)(C)C. The molecule has 2 rings (SSSR count). The molecule has 0 radical (unpaired) electrons. The molecule has 0 aliphatic carbocycles. The van der Waals surface area contributed by atoms with E-state index in [1.165, 1.54) is 29.2 Å². The summed E-state index contributed by atoms with van der Waals surface area (Å²) in [5, 5.41) is 22.1. The van der Waals surface area contributed by atoms with E-state index >= 15 is 0 Å². The minimum atomic E-state index is -2.08. The third-order valence-corrected chi connectivity index (χ3v) is 12.8. The minimum absolute atomic E-state index is 0.0160. The molecule has 1 aromatic carbocycles. The molecule has 1 aliphatic rings. The fourth-order valence-corrected chi connectivity index (χ4v) is 5.48. The number of non-ortho nitro benzene ring substituents is 1. The molecule has 1 fully saturated rings. The highest BCUT2D eigenvalue weighted by atomic mass is 28.4. The molecule has 1 unspecified atom stereocenters. The summed E-state index contributed by atoms with van der Waals surface area (Å²) in [6.07, 6.45) is 0.0606. The van der Waals surface area contributed by atoms with Crippen LogP contribution in [0.25, 0.3) is 0 Å². The van der Waals surface area contributed by atoms with Gasteiger partial charge in [0.05, 0.1) is 24.6 Å². The third-order valence-electron chi connectivity index (χ3n) is 8.28. The second-order valence-electron chi connectivity index (χ2n) is 11.3. The quantitative estimate of drug-likeness (QED) is 0.0520. The number of nitrogens with zero attached hydrogens (tertiary/aromatic N) is 3. The van der Waals surface area contributed by atoms with E-state index in [4.69, 9.17) is 9.16 Å². The van der Waals surface area contributed by atoms with E-state index in [0.29, 0.717) is 10.0 Å². The Bertz CT molecular complexity index is 1040. The summed E-state index contributed by atoms with van der Waals surface area (Å²) in [5.74, 6) is -1.29. The number of benzene rings is 1. The molecule has 1 N–H and O–H groups in total. The van der Waals surface area contributed by atoms with Crippen LogP contribution in [-0.4, -0.2) is 72.0 Å². The Morgan fingerprint density at radius 2 is 1.71 bits per heavy atom. The van der Waals surface area contributed by atoms with Crippen molar-refractivity contribution in [2.24, 2.45) is 0 Å². The minimum Gasteiger partial charge on any atom is -0.510 e. The summed E-state index contributed by atoms with van der Waals surface area (Å²) in [4.78, 5) is 38.1. The average Bonchev–Trinajstić information content (AvgIpc) is 2.85. The highest BCUT2D eigenvalue weighted by Gasteiger charge is 2.53. The summed E-state index contributed by atoms with van der Waals surface area (Å²) in [6, 6.07) is 5.68. The topological polar surface area (TPSA) is 119 Å². The Morgan fingerprint density at radius 1 is 1.16 bits per heavy atom. The Kier molecular flexibility index (Phi) is 10.3. The maximum absolute atomic E-state index is 13.4. The molecule has 0 bridgehead atoms. The molecule has 38 heavy (non-hydrogen) atoms. The van der Waals surface area contributed by atoms with Crippen molar-refractivity contribution in [3.63, 3.8) is 0 Å². The molecule has 1 aliphatic heterocycles. The predicted octanol–water partition coefficient (Wildman–Crippen LogP) is 5.25. The van der Waals surface area contributed by atoms with E-state index in [1.807, 2.05) is 0 Å². The van der Waals surface area contributed by atoms with Gasteiger partial charge in [0.1, 0.15) is 18.8 Å². The Hall–Kier alpha value is -2.76. The van der Waals surface area contributed by atoms with Gasteiger partial charge < -0.3 is 18.8 Å². The molecule has 212 valence electrons. The lowest BCUT2D eigenvalue weighted by molar-refractivity contribution is -0.958. The standard InChI is InChI=1S/C27H43N3O7Si/c1-9-30(10-2,11-3)23-18-24(32)28(23)25(22(31)16-17-37-38(7,8)27(4,5)6)26(33)36-19-20-12-14-21(15-13-20)29(34)35/h12-15,23H,9-11,16-19H2,1-8H3/p+1. The summed E-state index contributed by atoms with van der Waals surface area (Å²) in [6.45, 7) is 19.1. The van der Waals surface area contributed by atoms with E-state index in [1.54, 1.807) is 0 Å². The normalized spacial score (nSPS) is 17.1. The summed E-state index contributed by atoms with van der Waals surface area (Å²) in [7, 11) is -2.08. The van der Waals surface area contributed by atoms with Gasteiger partial charge in [0.25, 0.3) is 5.69 Å². The van der Waals surface area contributed by atoms with Gasteiger partial charge in [-0.25, -0.2) is 4.79 Å². The van der Waals surface area contributed by atoms with Crippen molar-refractivity contribution in [3.8, 4) is 0 Å². The van der Waals surface area contributed by atoms with Gasteiger partial charge in [-0.3, -0.25) is 19.8 Å². The number of aliphatic hydroxyl groups is 1. The first-order valence-electron chi connectivity index (χ1n) is 13.3. The number of nitro benzene ring substituents is 1. The maximum atomic E-state index is 13.4. The summed E-state index contributed by atoms with van der Waals surface area (Å²) in [5.41, 5.74) is 0.336. The van der Waals surface area contributed by atoms with E-state index in [2.05, 4.69) is 54.6 Å². The number of rotatable bonds is 13. The largest absolute Gasteiger partial charge is 0.510 e. The molecule has 1 heterocycles. The van der Waals surface area contributed by atoms with Crippen LogP contribution in [0.2, 0.25) is 18.1 Å². The first kappa shape index (κ1) is 31.5. The van der Waals surface area contributed by atoms with E-state index in [0.717, 1.165) is 19.6 Å². The number of carbonyl (C=O) groups is 2. The zero-order valence-corrected chi connectivity index (χ0v) is 25.1. The smallest absolute Gasteiger partial charge is 0.359 e. The Balaban J connectivity index is 2.34. The van der Waals surface area contributed by atoms with Crippen LogP contribution < -0.4 is 0 Å². The number of hydrogen-bond acceptors (Lipinski definition) is 7. The highest BCUT2D eigenvalue weighted by molar-refractivity contribution is 6.74. The maximum Gasteiger partial charge on any atom is 0.359 e. The summed E-state index contributed by atoms with van der Waals surface area (Å²) >= 11 is 0. The average molecular weight is 551 g/mol. The van der Waals surface area contributed by atoms with Crippen molar-refractivity contribution >= 4 is 25.9 Å². The van der Waals surface area contributed by atoms with E-state index in [-0.39, 0.29) is 60.3 Å². The Morgan fingerprint density at radius 3 is 2.16 bits per heavy atom. The van der Waals surface area contributed by atoms with Crippen molar-refractivity contribution < 1.29 is 33.3 Å². The number of β-lactam (4-membered cyclic amide) rings is 1. The van der Waals surface area contributed by atoms with Gasteiger partial charge in [-0.05, 0) is 56.6 Å². The molecular formula is C27H44N3O7Si+. The molecule has 11 heteroatoms. The second kappa shape index (κ2) is 12.4. The molecular weight excluding hydrogens is 506 g/mol. The van der Waals surface area contributed by atoms with E-state index < -0.39 is 19.2 Å². The van der Waals surface area contributed by atoms with Crippen molar-refractivity contribution in [1.29, 1.82) is 0 Å². The van der Waals surface area contributed by atoms with Crippen LogP contribution in [0.4, 0.5) is 5.69 Å². The van der Waals surface area contributed by atoms with Crippen molar-refractivity contribution in [1.82, 2.24) is 4.90 Å². The van der Waals surface area contributed by atoms with Gasteiger partial charge >= 0.3 is 5.97 Å². The first-order chi connectivity index (χ1) is 17.6. The van der Waals surface area contributed by atoms with Gasteiger partial charge in [-0.15, -0.1) is 0 Å². The lowest BCUT2D eigenvalue weighted by Gasteiger charge is -2.52. The molecule has 1 atom stereocenters. The number of quaternary nitrogens is 1. The first-order valence-corrected chi connectivity index (χ1v) is 16.2. The van der Waals surface area contributed by atoms with E-state index in [9.17, 15) is 24.8 Å². The highest BCUT2D eigenvalue weighted by Crippen LogP contribution is 2.37. The van der Waals surface area contributed by atoms with Crippen LogP contribution >= 0.6 is 0 Å². The predicted molar refractivity (Wildman–Crippen MR) is 147 cm³/mol. The van der Waals surface area contributed by atoms with Gasteiger partial charge in [0.2, 0.25) is 5.91 Å². The molecule has 10 nitrogen and oxygen atoms in total. The lowest BCUT2D eigenvalue weighted by Crippen LogP contribution is -2.70. The lowest BCUT2D eigenvalue weighted by atomic mass is 10.0. The van der Waals surface area contributed by atoms with Crippen LogP contribution in [0.15, 0.2) is 35.7 Å². The molecule has 0 spiro atoms. The number of hydrogen-bond donors (Lipinski definition) is 1. The number of amides is 1. The number of nitro groups is 1. The van der Waals surface area contributed by atoms with Gasteiger partial charge in [0.15, 0.2) is 20.2 Å². The summed E-state index contributed by atoms with van der Waals surface area (Å²) < 4.78 is 12.3. The second-order valence-corrected chi connectivity index (χ2v) is 16.1. The molecule has 1 saturated heterocycles. The van der Waals surface area contributed by atoms with Crippen LogP contribution in [0, 0.1) is 10.1 Å². The van der Waals surface area contributed by atoms with Crippen LogP contribution in [0.5, 0.6) is 0 Å².